The minimum Gasteiger partial charge on any atom is -0.331 e. The predicted octanol–water partition coefficient (Wildman–Crippen LogP) is 2.01. The minimum atomic E-state index is -0.763. The monoisotopic (exact) mass is 364 g/mol. The van der Waals surface area contributed by atoms with Gasteiger partial charge in [-0.25, -0.2) is 4.68 Å². The van der Waals surface area contributed by atoms with Crippen molar-refractivity contribution in [2.24, 2.45) is 5.92 Å². The maximum absolute atomic E-state index is 12.4. The Kier molecular flexibility index (Phi) is 4.56. The molecule has 8 heteroatoms. The van der Waals surface area contributed by atoms with Crippen LogP contribution < -0.4 is 10.6 Å². The number of thioether (sulfide) groups is 1. The molecule has 3 aromatic rings. The molecule has 1 saturated heterocycles. The number of nitrogens with zero attached hydrogens (tertiary/aromatic N) is 4. The zero-order valence-electron chi connectivity index (χ0n) is 13.7. The number of hydrogen-bond donors (Lipinski definition) is 2. The molecule has 7 nitrogen and oxygen atoms in total. The molecule has 2 N–H and O–H groups in total. The summed E-state index contributed by atoms with van der Waals surface area (Å²) >= 11 is 1.49. The first-order chi connectivity index (χ1) is 12.8. The predicted molar refractivity (Wildman–Crippen MR) is 98.5 cm³/mol. The Morgan fingerprint density at radius 3 is 2.73 bits per heavy atom. The molecule has 3 atom stereocenters. The number of para-hydroxylation sites is 1. The van der Waals surface area contributed by atoms with Crippen LogP contribution in [0.4, 0.5) is 0 Å². The molecule has 1 aliphatic heterocycles. The van der Waals surface area contributed by atoms with Crippen LogP contribution in [0.3, 0.4) is 0 Å². The number of aromatic nitrogens is 3. The first kappa shape index (κ1) is 16.6. The Morgan fingerprint density at radius 2 is 1.92 bits per heavy atom. The van der Waals surface area contributed by atoms with E-state index in [1.165, 1.54) is 11.8 Å². The smallest absolute Gasteiger partial charge is 0.241 e. The lowest BCUT2D eigenvalue weighted by atomic mass is 9.92. The number of carbonyl (C=O) groups excluding carboxylic acids is 1. The second-order valence-corrected chi connectivity index (χ2v) is 6.99. The fourth-order valence-electron chi connectivity index (χ4n) is 3.00. The highest BCUT2D eigenvalue weighted by Gasteiger charge is 2.37. The third-order valence-corrected chi connectivity index (χ3v) is 5.28. The largest absolute Gasteiger partial charge is 0.331 e. The Labute approximate surface area is 154 Å². The summed E-state index contributed by atoms with van der Waals surface area (Å²) in [5, 5.41) is 23.9. The maximum Gasteiger partial charge on any atom is 0.241 e. The molecule has 4 rings (SSSR count). The van der Waals surface area contributed by atoms with Crippen molar-refractivity contribution in [1.82, 2.24) is 25.6 Å². The van der Waals surface area contributed by atoms with Crippen molar-refractivity contribution in [3.63, 3.8) is 0 Å². The summed E-state index contributed by atoms with van der Waals surface area (Å²) in [5.74, 6) is -0.500. The Morgan fingerprint density at radius 1 is 1.15 bits per heavy atom. The summed E-state index contributed by atoms with van der Waals surface area (Å²) in [5.41, 5.74) is 2.38. The fraction of sp³-hybridized carbons (Fsp3) is 0.222. The molecule has 0 radical (unpaired) electrons. The van der Waals surface area contributed by atoms with E-state index in [-0.39, 0.29) is 17.4 Å². The van der Waals surface area contributed by atoms with Gasteiger partial charge in [0.1, 0.15) is 16.9 Å². The van der Waals surface area contributed by atoms with Crippen molar-refractivity contribution < 1.29 is 4.79 Å². The van der Waals surface area contributed by atoms with Gasteiger partial charge in [-0.15, -0.1) is 5.10 Å². The molecule has 1 aliphatic rings. The highest BCUT2D eigenvalue weighted by molar-refractivity contribution is 7.98. The van der Waals surface area contributed by atoms with Gasteiger partial charge in [0.25, 0.3) is 0 Å². The number of nitrogens with one attached hydrogen (secondary N) is 2. The van der Waals surface area contributed by atoms with E-state index >= 15 is 0 Å². The topological polar surface area (TPSA) is 95.6 Å². The van der Waals surface area contributed by atoms with Gasteiger partial charge in [0.2, 0.25) is 5.91 Å². The molecule has 1 amide bonds. The van der Waals surface area contributed by atoms with E-state index in [1.54, 1.807) is 4.68 Å². The van der Waals surface area contributed by atoms with Crippen LogP contribution in [-0.4, -0.2) is 26.4 Å². The summed E-state index contributed by atoms with van der Waals surface area (Å²) in [6.07, 6.45) is 0. The number of carbonyl (C=O) groups is 1. The lowest BCUT2D eigenvalue weighted by Crippen LogP contribution is -2.55. The standard InChI is InChI=1S/C18H16N6OS/c19-10-13-16(12-6-2-1-3-7-12)20-18(21-17(13)25)26-11-24-15-9-5-4-8-14(15)22-23-24/h1-9,13,16,18,20H,11H2,(H,21,25). The highest BCUT2D eigenvalue weighted by Crippen LogP contribution is 2.28. The van der Waals surface area contributed by atoms with Crippen molar-refractivity contribution in [2.75, 3.05) is 0 Å². The molecular weight excluding hydrogens is 348 g/mol. The second kappa shape index (κ2) is 7.15. The van der Waals surface area contributed by atoms with Gasteiger partial charge in [-0.3, -0.25) is 10.1 Å². The highest BCUT2D eigenvalue weighted by atomic mass is 32.2. The van der Waals surface area contributed by atoms with Crippen molar-refractivity contribution in [2.45, 2.75) is 17.4 Å². The number of benzene rings is 2. The van der Waals surface area contributed by atoms with Gasteiger partial charge in [0, 0.05) is 0 Å². The van der Waals surface area contributed by atoms with Crippen LogP contribution in [0.25, 0.3) is 11.0 Å². The average molecular weight is 364 g/mol. The Balaban J connectivity index is 1.50. The number of hydrogen-bond acceptors (Lipinski definition) is 6. The maximum atomic E-state index is 12.4. The van der Waals surface area contributed by atoms with Crippen LogP contribution in [0, 0.1) is 17.2 Å². The molecule has 2 heterocycles. The van der Waals surface area contributed by atoms with Gasteiger partial charge in [0.15, 0.2) is 0 Å². The SMILES string of the molecule is N#CC1C(=O)NC(SCn2nnc3ccccc32)NC1c1ccccc1. The van der Waals surface area contributed by atoms with Crippen molar-refractivity contribution in [3.8, 4) is 6.07 Å². The molecule has 0 spiro atoms. The Hall–Kier alpha value is -2.89. The lowest BCUT2D eigenvalue weighted by molar-refractivity contribution is -0.126. The van der Waals surface area contributed by atoms with Gasteiger partial charge in [0.05, 0.1) is 23.5 Å². The Bertz CT molecular complexity index is 966. The van der Waals surface area contributed by atoms with Crippen LogP contribution >= 0.6 is 11.8 Å². The van der Waals surface area contributed by atoms with Crippen molar-refractivity contribution in [1.29, 1.82) is 5.26 Å². The quantitative estimate of drug-likeness (QED) is 0.735. The molecular formula is C18H16N6OS. The van der Waals surface area contributed by atoms with Crippen LogP contribution in [0.15, 0.2) is 54.6 Å². The number of fused-ring (bicyclic) bond motifs is 1. The summed E-state index contributed by atoms with van der Waals surface area (Å²) < 4.78 is 1.79. The van der Waals surface area contributed by atoms with E-state index in [0.717, 1.165) is 16.6 Å². The molecule has 130 valence electrons. The third-order valence-electron chi connectivity index (χ3n) is 4.30. The van der Waals surface area contributed by atoms with E-state index in [9.17, 15) is 10.1 Å². The summed E-state index contributed by atoms with van der Waals surface area (Å²) in [6, 6.07) is 19.1. The number of nitriles is 1. The molecule has 0 saturated carbocycles. The van der Waals surface area contributed by atoms with Gasteiger partial charge >= 0.3 is 0 Å². The van der Waals surface area contributed by atoms with E-state index in [4.69, 9.17) is 0 Å². The summed E-state index contributed by atoms with van der Waals surface area (Å²) in [4.78, 5) is 12.4. The van der Waals surface area contributed by atoms with Gasteiger partial charge in [-0.2, -0.15) is 5.26 Å². The lowest BCUT2D eigenvalue weighted by Gasteiger charge is -2.34. The zero-order valence-corrected chi connectivity index (χ0v) is 14.6. The summed E-state index contributed by atoms with van der Waals surface area (Å²) in [6.45, 7) is 0. The van der Waals surface area contributed by atoms with E-state index < -0.39 is 5.92 Å². The molecule has 0 bridgehead atoms. The minimum absolute atomic E-state index is 0.263. The first-order valence-corrected chi connectivity index (χ1v) is 9.22. The molecule has 26 heavy (non-hydrogen) atoms. The zero-order chi connectivity index (χ0) is 17.9. The number of rotatable bonds is 4. The van der Waals surface area contributed by atoms with Crippen molar-refractivity contribution >= 4 is 28.7 Å². The second-order valence-electron chi connectivity index (χ2n) is 5.92. The van der Waals surface area contributed by atoms with Gasteiger partial charge < -0.3 is 5.32 Å². The van der Waals surface area contributed by atoms with E-state index in [1.807, 2.05) is 54.6 Å². The van der Waals surface area contributed by atoms with Gasteiger partial charge in [-0.05, 0) is 17.7 Å². The average Bonchev–Trinajstić information content (AvgIpc) is 3.10. The van der Waals surface area contributed by atoms with Crippen molar-refractivity contribution in [3.05, 3.63) is 60.2 Å². The van der Waals surface area contributed by atoms with E-state index in [0.29, 0.717) is 5.88 Å². The van der Waals surface area contributed by atoms with Crippen LogP contribution in [-0.2, 0) is 10.7 Å². The van der Waals surface area contributed by atoms with Crippen LogP contribution in [0.5, 0.6) is 0 Å². The molecule has 0 aliphatic carbocycles. The number of amides is 1. The van der Waals surface area contributed by atoms with Gasteiger partial charge in [-0.1, -0.05) is 59.4 Å². The summed E-state index contributed by atoms with van der Waals surface area (Å²) in [7, 11) is 0. The van der Waals surface area contributed by atoms with E-state index in [2.05, 4.69) is 27.0 Å². The molecule has 1 fully saturated rings. The van der Waals surface area contributed by atoms with Crippen LogP contribution in [0.1, 0.15) is 11.6 Å². The fourth-order valence-corrected chi connectivity index (χ4v) is 3.92. The normalized spacial score (nSPS) is 22.7. The first-order valence-electron chi connectivity index (χ1n) is 8.17. The molecule has 3 unspecified atom stereocenters. The molecule has 2 aromatic carbocycles. The third kappa shape index (κ3) is 3.14. The van der Waals surface area contributed by atoms with Crippen LogP contribution in [0.2, 0.25) is 0 Å². The molecule has 1 aromatic heterocycles.